The molecule has 106 valence electrons. The summed E-state index contributed by atoms with van der Waals surface area (Å²) in [4.78, 5) is 16.2. The highest BCUT2D eigenvalue weighted by atomic mass is 35.5. The molecule has 0 aliphatic rings. The average molecular weight is 303 g/mol. The Kier molecular flexibility index (Phi) is 3.41. The summed E-state index contributed by atoms with van der Waals surface area (Å²) >= 11 is 6.09. The Balaban J connectivity index is 1.80. The van der Waals surface area contributed by atoms with Gasteiger partial charge in [0.25, 0.3) is 5.91 Å². The molecule has 0 radical (unpaired) electrons. The molecule has 0 unspecified atom stereocenters. The molecule has 7 nitrogen and oxygen atoms in total. The maximum atomic E-state index is 12.0. The van der Waals surface area contributed by atoms with Crippen molar-refractivity contribution in [3.05, 3.63) is 47.2 Å². The molecule has 0 saturated heterocycles. The minimum Gasteiger partial charge on any atom is -0.289 e. The first-order chi connectivity index (χ1) is 10.1. The van der Waals surface area contributed by atoms with Gasteiger partial charge >= 0.3 is 0 Å². The molecule has 0 atom stereocenters. The summed E-state index contributed by atoms with van der Waals surface area (Å²) in [5.41, 5.74) is 1.15. The molecule has 0 aliphatic heterocycles. The van der Waals surface area contributed by atoms with Crippen LogP contribution in [0.25, 0.3) is 11.4 Å². The number of aromatic amines is 1. The molecule has 0 fully saturated rings. The van der Waals surface area contributed by atoms with Gasteiger partial charge in [-0.2, -0.15) is 10.1 Å². The second kappa shape index (κ2) is 5.37. The molecule has 2 heterocycles. The lowest BCUT2D eigenvalue weighted by molar-refractivity contribution is 0.102. The van der Waals surface area contributed by atoms with Crippen LogP contribution >= 0.6 is 11.6 Å². The first-order valence-electron chi connectivity index (χ1n) is 6.11. The van der Waals surface area contributed by atoms with Crippen molar-refractivity contribution in [3.8, 4) is 11.4 Å². The number of rotatable bonds is 3. The molecular weight excluding hydrogens is 292 g/mol. The number of nitrogens with zero attached hydrogens (tertiary/aromatic N) is 4. The van der Waals surface area contributed by atoms with Crippen LogP contribution < -0.4 is 5.32 Å². The Morgan fingerprint density at radius 1 is 1.38 bits per heavy atom. The Hall–Kier alpha value is -2.67. The number of carbonyl (C=O) groups excluding carboxylic acids is 1. The highest BCUT2D eigenvalue weighted by molar-refractivity contribution is 6.33. The van der Waals surface area contributed by atoms with Gasteiger partial charge in [0.2, 0.25) is 5.95 Å². The summed E-state index contributed by atoms with van der Waals surface area (Å²) < 4.78 is 1.54. The van der Waals surface area contributed by atoms with E-state index in [0.29, 0.717) is 22.0 Å². The van der Waals surface area contributed by atoms with E-state index in [1.54, 1.807) is 24.0 Å². The summed E-state index contributed by atoms with van der Waals surface area (Å²) in [7, 11) is 1.74. The minimum absolute atomic E-state index is 0.179. The first-order valence-corrected chi connectivity index (χ1v) is 6.48. The second-order valence-corrected chi connectivity index (χ2v) is 4.75. The van der Waals surface area contributed by atoms with E-state index in [-0.39, 0.29) is 11.9 Å². The zero-order chi connectivity index (χ0) is 14.8. The van der Waals surface area contributed by atoms with Crippen LogP contribution in [0.2, 0.25) is 5.02 Å². The van der Waals surface area contributed by atoms with E-state index in [1.807, 2.05) is 18.2 Å². The van der Waals surface area contributed by atoms with Crippen molar-refractivity contribution in [1.29, 1.82) is 0 Å². The Morgan fingerprint density at radius 3 is 2.90 bits per heavy atom. The summed E-state index contributed by atoms with van der Waals surface area (Å²) in [6, 6.07) is 7.24. The minimum atomic E-state index is -0.326. The van der Waals surface area contributed by atoms with Crippen molar-refractivity contribution < 1.29 is 4.79 Å². The van der Waals surface area contributed by atoms with Crippen molar-refractivity contribution >= 4 is 23.5 Å². The zero-order valence-corrected chi connectivity index (χ0v) is 11.8. The van der Waals surface area contributed by atoms with Gasteiger partial charge in [0, 0.05) is 18.8 Å². The summed E-state index contributed by atoms with van der Waals surface area (Å²) in [6.07, 6.45) is 3.08. The molecule has 2 aromatic heterocycles. The number of hydrogen-bond acceptors (Lipinski definition) is 4. The van der Waals surface area contributed by atoms with Gasteiger partial charge in [-0.1, -0.05) is 23.7 Å². The molecule has 0 spiro atoms. The fourth-order valence-electron chi connectivity index (χ4n) is 1.80. The van der Waals surface area contributed by atoms with Crippen molar-refractivity contribution in [2.45, 2.75) is 0 Å². The topological polar surface area (TPSA) is 88.5 Å². The van der Waals surface area contributed by atoms with Gasteiger partial charge in [-0.15, -0.1) is 5.10 Å². The fraction of sp³-hybridized carbons (Fsp3) is 0.0769. The number of carbonyl (C=O) groups is 1. The predicted octanol–water partition coefficient (Wildman–Crippen LogP) is 2.11. The van der Waals surface area contributed by atoms with E-state index in [0.717, 1.165) is 0 Å². The van der Waals surface area contributed by atoms with Crippen molar-refractivity contribution in [3.63, 3.8) is 0 Å². The quantitative estimate of drug-likeness (QED) is 0.775. The van der Waals surface area contributed by atoms with Crippen LogP contribution in [-0.2, 0) is 7.05 Å². The van der Waals surface area contributed by atoms with Gasteiger partial charge in [-0.25, -0.2) is 0 Å². The third-order valence-corrected chi connectivity index (χ3v) is 3.14. The van der Waals surface area contributed by atoms with Crippen LogP contribution in [0.3, 0.4) is 0 Å². The van der Waals surface area contributed by atoms with Crippen LogP contribution in [-0.4, -0.2) is 30.9 Å². The second-order valence-electron chi connectivity index (χ2n) is 4.34. The average Bonchev–Trinajstić information content (AvgIpc) is 3.08. The zero-order valence-electron chi connectivity index (χ0n) is 11.0. The highest BCUT2D eigenvalue weighted by Gasteiger charge is 2.13. The molecule has 3 aromatic rings. The van der Waals surface area contributed by atoms with Crippen molar-refractivity contribution in [1.82, 2.24) is 25.0 Å². The van der Waals surface area contributed by atoms with Gasteiger partial charge < -0.3 is 0 Å². The number of halogens is 1. The lowest BCUT2D eigenvalue weighted by Gasteiger charge is -1.98. The molecule has 1 amide bonds. The van der Waals surface area contributed by atoms with E-state index in [2.05, 4.69) is 25.6 Å². The van der Waals surface area contributed by atoms with E-state index in [9.17, 15) is 4.79 Å². The lowest BCUT2D eigenvalue weighted by Crippen LogP contribution is -2.12. The number of anilines is 1. The van der Waals surface area contributed by atoms with E-state index in [4.69, 9.17) is 11.6 Å². The van der Waals surface area contributed by atoms with Crippen LogP contribution in [0.4, 0.5) is 5.95 Å². The molecule has 21 heavy (non-hydrogen) atoms. The van der Waals surface area contributed by atoms with E-state index < -0.39 is 0 Å². The lowest BCUT2D eigenvalue weighted by atomic mass is 10.2. The molecule has 0 aliphatic carbocycles. The van der Waals surface area contributed by atoms with Crippen molar-refractivity contribution in [2.75, 3.05) is 5.32 Å². The summed E-state index contributed by atoms with van der Waals surface area (Å²) in [5, 5.41) is 13.8. The van der Waals surface area contributed by atoms with Gasteiger partial charge in [0.05, 0.1) is 16.8 Å². The fourth-order valence-corrected chi connectivity index (χ4v) is 2.03. The van der Waals surface area contributed by atoms with Gasteiger partial charge in [-0.05, 0) is 12.1 Å². The standard InChI is InChI=1S/C13H11ClN6O/c1-20-7-8(6-15-20)12(21)17-13-16-11(18-19-13)9-4-2-3-5-10(9)14/h2-7H,1H3,(H2,16,17,18,19,21). The number of nitrogens with one attached hydrogen (secondary N) is 2. The van der Waals surface area contributed by atoms with Crippen molar-refractivity contribution in [2.24, 2.45) is 7.05 Å². The maximum Gasteiger partial charge on any atom is 0.261 e. The van der Waals surface area contributed by atoms with Crippen LogP contribution in [0, 0.1) is 0 Å². The molecule has 2 N–H and O–H groups in total. The molecular formula is C13H11ClN6O. The van der Waals surface area contributed by atoms with E-state index in [1.165, 1.54) is 6.20 Å². The predicted molar refractivity (Wildman–Crippen MR) is 78.0 cm³/mol. The highest BCUT2D eigenvalue weighted by Crippen LogP contribution is 2.24. The Labute approximate surface area is 125 Å². The maximum absolute atomic E-state index is 12.0. The Bertz CT molecular complexity index is 793. The third kappa shape index (κ3) is 2.77. The molecule has 3 rings (SSSR count). The first kappa shape index (κ1) is 13.3. The van der Waals surface area contributed by atoms with Gasteiger partial charge in [0.1, 0.15) is 0 Å². The van der Waals surface area contributed by atoms with Crippen LogP contribution in [0.1, 0.15) is 10.4 Å². The molecule has 1 aromatic carbocycles. The third-order valence-electron chi connectivity index (χ3n) is 2.81. The normalized spacial score (nSPS) is 10.6. The largest absolute Gasteiger partial charge is 0.289 e. The summed E-state index contributed by atoms with van der Waals surface area (Å²) in [6.45, 7) is 0. The molecule has 0 bridgehead atoms. The number of aromatic nitrogens is 5. The Morgan fingerprint density at radius 2 is 2.19 bits per heavy atom. The number of amides is 1. The number of hydrogen-bond donors (Lipinski definition) is 2. The number of H-pyrrole nitrogens is 1. The van der Waals surface area contributed by atoms with E-state index >= 15 is 0 Å². The van der Waals surface area contributed by atoms with Crippen LogP contribution in [0.15, 0.2) is 36.7 Å². The van der Waals surface area contributed by atoms with Crippen LogP contribution in [0.5, 0.6) is 0 Å². The van der Waals surface area contributed by atoms with Gasteiger partial charge in [-0.3, -0.25) is 19.9 Å². The summed E-state index contributed by atoms with van der Waals surface area (Å²) in [5.74, 6) is 0.341. The molecule has 0 saturated carbocycles. The number of benzene rings is 1. The molecule has 8 heteroatoms. The monoisotopic (exact) mass is 302 g/mol. The number of aryl methyl sites for hydroxylation is 1. The van der Waals surface area contributed by atoms with Gasteiger partial charge in [0.15, 0.2) is 5.82 Å². The smallest absolute Gasteiger partial charge is 0.261 e. The SMILES string of the molecule is Cn1cc(C(=O)Nc2n[nH]c(-c3ccccc3Cl)n2)cn1.